The van der Waals surface area contributed by atoms with Crippen LogP contribution in [0.4, 0.5) is 8.78 Å². The van der Waals surface area contributed by atoms with E-state index in [0.29, 0.717) is 13.0 Å². The number of halogens is 2. The van der Waals surface area contributed by atoms with E-state index in [2.05, 4.69) is 5.32 Å². The van der Waals surface area contributed by atoms with Crippen LogP contribution >= 0.6 is 0 Å². The van der Waals surface area contributed by atoms with Crippen molar-refractivity contribution in [1.29, 1.82) is 0 Å². The van der Waals surface area contributed by atoms with Crippen molar-refractivity contribution >= 4 is 5.91 Å². The van der Waals surface area contributed by atoms with Gasteiger partial charge in [0.25, 0.3) is 0 Å². The molecule has 6 heteroatoms. The average molecular weight is 314 g/mol. The zero-order chi connectivity index (χ0) is 16.6. The first-order chi connectivity index (χ1) is 10.4. The number of nitrogens with two attached hydrogens (primary N) is 1. The number of hydrogen-bond donors (Lipinski definition) is 2. The van der Waals surface area contributed by atoms with Crippen LogP contribution in [0.25, 0.3) is 0 Å². The van der Waals surface area contributed by atoms with Crippen molar-refractivity contribution < 1.29 is 18.3 Å². The summed E-state index contributed by atoms with van der Waals surface area (Å²) in [5.74, 6) is -1.52. The highest BCUT2D eigenvalue weighted by Crippen LogP contribution is 2.17. The molecule has 0 saturated heterocycles. The Morgan fingerprint density at radius 3 is 2.59 bits per heavy atom. The Kier molecular flexibility index (Phi) is 7.24. The minimum Gasteiger partial charge on any atom is -0.491 e. The summed E-state index contributed by atoms with van der Waals surface area (Å²) >= 11 is 0. The zero-order valence-corrected chi connectivity index (χ0v) is 13.1. The Morgan fingerprint density at radius 1 is 1.32 bits per heavy atom. The van der Waals surface area contributed by atoms with Crippen LogP contribution in [0, 0.1) is 11.6 Å². The first-order valence-electron chi connectivity index (χ1n) is 7.53. The molecule has 0 heterocycles. The molecule has 4 nitrogen and oxygen atoms in total. The van der Waals surface area contributed by atoms with Crippen LogP contribution < -0.4 is 15.8 Å². The number of ether oxygens (including phenoxy) is 1. The van der Waals surface area contributed by atoms with Gasteiger partial charge in [0.1, 0.15) is 5.82 Å². The van der Waals surface area contributed by atoms with Crippen LogP contribution in [-0.2, 0) is 4.79 Å². The second-order valence-electron chi connectivity index (χ2n) is 5.37. The quantitative estimate of drug-likeness (QED) is 0.689. The van der Waals surface area contributed by atoms with Crippen molar-refractivity contribution in [3.8, 4) is 5.75 Å². The van der Waals surface area contributed by atoms with Crippen LogP contribution in [0.2, 0.25) is 0 Å². The van der Waals surface area contributed by atoms with Gasteiger partial charge < -0.3 is 15.8 Å². The Bertz CT molecular complexity index is 491. The van der Waals surface area contributed by atoms with E-state index in [0.717, 1.165) is 25.0 Å². The average Bonchev–Trinajstić information content (AvgIpc) is 2.51. The van der Waals surface area contributed by atoms with Gasteiger partial charge in [-0.15, -0.1) is 0 Å². The molecule has 0 spiro atoms. The van der Waals surface area contributed by atoms with E-state index in [1.54, 1.807) is 0 Å². The van der Waals surface area contributed by atoms with Crippen LogP contribution in [0.1, 0.15) is 39.5 Å². The van der Waals surface area contributed by atoms with E-state index in [4.69, 9.17) is 10.5 Å². The molecule has 3 N–H and O–H groups in total. The van der Waals surface area contributed by atoms with E-state index in [1.165, 1.54) is 6.07 Å². The summed E-state index contributed by atoms with van der Waals surface area (Å²) in [6, 6.07) is 3.12. The Labute approximate surface area is 130 Å². The molecule has 0 aliphatic carbocycles. The van der Waals surface area contributed by atoms with Gasteiger partial charge in [0.2, 0.25) is 5.91 Å². The maximum atomic E-state index is 13.3. The standard InChI is InChI=1S/C16H24F2N2O2/c1-3-16(19,4-2)11-20-15(21)6-5-9-22-14-8-7-12(17)10-13(14)18/h7-8,10H,3-6,9,11,19H2,1-2H3,(H,20,21). The Hall–Kier alpha value is -1.69. The van der Waals surface area contributed by atoms with Gasteiger partial charge in [0.15, 0.2) is 11.6 Å². The fourth-order valence-electron chi connectivity index (χ4n) is 1.87. The van der Waals surface area contributed by atoms with E-state index in [9.17, 15) is 13.6 Å². The summed E-state index contributed by atoms with van der Waals surface area (Å²) in [5.41, 5.74) is 5.72. The molecule has 0 fully saturated rings. The van der Waals surface area contributed by atoms with Gasteiger partial charge in [0.05, 0.1) is 6.61 Å². The van der Waals surface area contributed by atoms with Crippen LogP contribution in [0.5, 0.6) is 5.75 Å². The Morgan fingerprint density at radius 2 is 2.00 bits per heavy atom. The smallest absolute Gasteiger partial charge is 0.220 e. The van der Waals surface area contributed by atoms with Crippen molar-refractivity contribution in [3.63, 3.8) is 0 Å². The van der Waals surface area contributed by atoms with Gasteiger partial charge >= 0.3 is 0 Å². The molecule has 0 unspecified atom stereocenters. The lowest BCUT2D eigenvalue weighted by atomic mass is 9.94. The van der Waals surface area contributed by atoms with Gasteiger partial charge in [-0.05, 0) is 31.4 Å². The molecule has 0 aliphatic rings. The number of rotatable bonds is 9. The third-order valence-corrected chi connectivity index (χ3v) is 3.75. The van der Waals surface area contributed by atoms with Crippen LogP contribution in [-0.4, -0.2) is 24.6 Å². The predicted octanol–water partition coefficient (Wildman–Crippen LogP) is 2.76. The van der Waals surface area contributed by atoms with Crippen molar-refractivity contribution in [2.24, 2.45) is 5.73 Å². The van der Waals surface area contributed by atoms with Gasteiger partial charge in [0, 0.05) is 24.6 Å². The lowest BCUT2D eigenvalue weighted by Crippen LogP contribution is -2.49. The van der Waals surface area contributed by atoms with Gasteiger partial charge in [-0.1, -0.05) is 13.8 Å². The number of carbonyl (C=O) groups excluding carboxylic acids is 1. The molecular weight excluding hydrogens is 290 g/mol. The fraction of sp³-hybridized carbons (Fsp3) is 0.562. The number of nitrogens with one attached hydrogen (secondary N) is 1. The van der Waals surface area contributed by atoms with E-state index in [1.807, 2.05) is 13.8 Å². The zero-order valence-electron chi connectivity index (χ0n) is 13.1. The number of amides is 1. The number of benzene rings is 1. The van der Waals surface area contributed by atoms with E-state index in [-0.39, 0.29) is 30.2 Å². The van der Waals surface area contributed by atoms with Gasteiger partial charge in [-0.3, -0.25) is 4.79 Å². The minimum atomic E-state index is -0.747. The molecule has 1 rings (SSSR count). The monoisotopic (exact) mass is 314 g/mol. The van der Waals surface area contributed by atoms with Gasteiger partial charge in [-0.2, -0.15) is 0 Å². The normalized spacial score (nSPS) is 11.3. The molecule has 0 aliphatic heterocycles. The molecule has 1 amide bonds. The molecule has 0 atom stereocenters. The van der Waals surface area contributed by atoms with Gasteiger partial charge in [-0.25, -0.2) is 8.78 Å². The van der Waals surface area contributed by atoms with Crippen molar-refractivity contribution in [1.82, 2.24) is 5.32 Å². The molecule has 0 bridgehead atoms. The summed E-state index contributed by atoms with van der Waals surface area (Å²) in [5, 5.41) is 2.80. The number of carbonyl (C=O) groups is 1. The lowest BCUT2D eigenvalue weighted by Gasteiger charge is -2.26. The Balaban J connectivity index is 2.25. The second kappa shape index (κ2) is 8.68. The third-order valence-electron chi connectivity index (χ3n) is 3.75. The summed E-state index contributed by atoms with van der Waals surface area (Å²) in [4.78, 5) is 11.7. The van der Waals surface area contributed by atoms with Crippen LogP contribution in [0.15, 0.2) is 18.2 Å². The van der Waals surface area contributed by atoms with Crippen molar-refractivity contribution in [2.75, 3.05) is 13.2 Å². The highest BCUT2D eigenvalue weighted by Gasteiger charge is 2.20. The van der Waals surface area contributed by atoms with E-state index >= 15 is 0 Å². The minimum absolute atomic E-state index is 0.0141. The van der Waals surface area contributed by atoms with E-state index < -0.39 is 11.6 Å². The van der Waals surface area contributed by atoms with Crippen molar-refractivity contribution in [2.45, 2.75) is 45.1 Å². The molecule has 22 heavy (non-hydrogen) atoms. The maximum absolute atomic E-state index is 13.3. The SMILES string of the molecule is CCC(N)(CC)CNC(=O)CCCOc1ccc(F)cc1F. The first-order valence-corrected chi connectivity index (χ1v) is 7.53. The summed E-state index contributed by atoms with van der Waals surface area (Å²) in [6.07, 6.45) is 2.29. The summed E-state index contributed by atoms with van der Waals surface area (Å²) in [7, 11) is 0. The van der Waals surface area contributed by atoms with Crippen LogP contribution in [0.3, 0.4) is 0 Å². The topological polar surface area (TPSA) is 64.3 Å². The predicted molar refractivity (Wildman–Crippen MR) is 81.6 cm³/mol. The highest BCUT2D eigenvalue weighted by atomic mass is 19.1. The summed E-state index contributed by atoms with van der Waals surface area (Å²) in [6.45, 7) is 4.60. The second-order valence-corrected chi connectivity index (χ2v) is 5.37. The van der Waals surface area contributed by atoms with Crippen molar-refractivity contribution in [3.05, 3.63) is 29.8 Å². The molecule has 0 radical (unpaired) electrons. The molecule has 124 valence electrons. The molecule has 1 aromatic carbocycles. The summed E-state index contributed by atoms with van der Waals surface area (Å²) < 4.78 is 31.2. The number of hydrogen-bond acceptors (Lipinski definition) is 3. The first kappa shape index (κ1) is 18.4. The molecule has 0 aromatic heterocycles. The molecular formula is C16H24F2N2O2. The fourth-order valence-corrected chi connectivity index (χ4v) is 1.87. The third kappa shape index (κ3) is 5.97. The highest BCUT2D eigenvalue weighted by molar-refractivity contribution is 5.75. The maximum Gasteiger partial charge on any atom is 0.220 e. The lowest BCUT2D eigenvalue weighted by molar-refractivity contribution is -0.121. The molecule has 1 aromatic rings. The largest absolute Gasteiger partial charge is 0.491 e. The molecule has 0 saturated carbocycles.